The van der Waals surface area contributed by atoms with Gasteiger partial charge in [-0.25, -0.2) is 16.8 Å². The van der Waals surface area contributed by atoms with Crippen LogP contribution >= 0.6 is 0 Å². The van der Waals surface area contributed by atoms with Crippen LogP contribution in [0.3, 0.4) is 0 Å². The molecule has 2 heterocycles. The lowest BCUT2D eigenvalue weighted by Crippen LogP contribution is -2.38. The van der Waals surface area contributed by atoms with Gasteiger partial charge in [0.05, 0.1) is 22.9 Å². The summed E-state index contributed by atoms with van der Waals surface area (Å²) in [7, 11) is -6.74. The van der Waals surface area contributed by atoms with Gasteiger partial charge in [0, 0.05) is 13.1 Å². The SMILES string of the molecule is O=S1(=O)CCC(S(=O)(=O)N2CCC(O)C2)C1. The Hall–Kier alpha value is -0.180. The maximum absolute atomic E-state index is 12.0. The molecular formula is C8H15NO5S2. The molecule has 0 aromatic carbocycles. The molecule has 2 atom stereocenters. The molecular weight excluding hydrogens is 254 g/mol. The second-order valence-corrected chi connectivity index (χ2v) is 8.81. The fourth-order valence-corrected chi connectivity index (χ4v) is 6.73. The van der Waals surface area contributed by atoms with E-state index in [2.05, 4.69) is 0 Å². The number of sulfonamides is 1. The Morgan fingerprint density at radius 1 is 1.25 bits per heavy atom. The molecule has 0 spiro atoms. The van der Waals surface area contributed by atoms with Crippen molar-refractivity contribution in [3.8, 4) is 0 Å². The molecule has 6 nitrogen and oxygen atoms in total. The fourth-order valence-electron chi connectivity index (χ4n) is 2.15. The highest BCUT2D eigenvalue weighted by Gasteiger charge is 2.42. The number of hydrogen-bond donors (Lipinski definition) is 1. The normalized spacial score (nSPS) is 35.6. The first-order valence-corrected chi connectivity index (χ1v) is 8.51. The van der Waals surface area contributed by atoms with Gasteiger partial charge in [-0.15, -0.1) is 0 Å². The summed E-state index contributed by atoms with van der Waals surface area (Å²) in [6.45, 7) is 0.388. The first-order chi connectivity index (χ1) is 7.31. The third kappa shape index (κ3) is 2.24. The Balaban J connectivity index is 2.15. The molecule has 0 radical (unpaired) electrons. The summed E-state index contributed by atoms with van der Waals surface area (Å²) in [6.07, 6.45) is -0.0107. The van der Waals surface area contributed by atoms with Crippen LogP contribution in [0.5, 0.6) is 0 Å². The molecule has 0 amide bonds. The first kappa shape index (κ1) is 12.3. The van der Waals surface area contributed by atoms with Crippen molar-refractivity contribution < 1.29 is 21.9 Å². The summed E-state index contributed by atoms with van der Waals surface area (Å²) in [5, 5.41) is 8.47. The molecule has 16 heavy (non-hydrogen) atoms. The minimum atomic E-state index is -3.55. The van der Waals surface area contributed by atoms with Gasteiger partial charge in [-0.2, -0.15) is 4.31 Å². The highest BCUT2D eigenvalue weighted by molar-refractivity contribution is 7.95. The molecule has 0 saturated carbocycles. The Kier molecular flexibility index (Phi) is 3.02. The topological polar surface area (TPSA) is 91.8 Å². The van der Waals surface area contributed by atoms with E-state index in [9.17, 15) is 21.9 Å². The summed E-state index contributed by atoms with van der Waals surface area (Å²) < 4.78 is 47.7. The average Bonchev–Trinajstić information content (AvgIpc) is 2.72. The first-order valence-electron chi connectivity index (χ1n) is 5.19. The molecule has 8 heteroatoms. The van der Waals surface area contributed by atoms with E-state index >= 15 is 0 Å². The van der Waals surface area contributed by atoms with E-state index < -0.39 is 31.2 Å². The summed E-state index contributed by atoms with van der Waals surface area (Å²) in [5.41, 5.74) is 0. The van der Waals surface area contributed by atoms with Gasteiger partial charge in [0.25, 0.3) is 0 Å². The minimum Gasteiger partial charge on any atom is -0.392 e. The molecule has 0 aromatic rings. The zero-order valence-corrected chi connectivity index (χ0v) is 10.4. The van der Waals surface area contributed by atoms with Crippen LogP contribution in [0, 0.1) is 0 Å². The zero-order chi connectivity index (χ0) is 12.0. The van der Waals surface area contributed by atoms with Gasteiger partial charge >= 0.3 is 0 Å². The van der Waals surface area contributed by atoms with Crippen LogP contribution in [-0.2, 0) is 19.9 Å². The molecule has 0 bridgehead atoms. The van der Waals surface area contributed by atoms with Crippen molar-refractivity contribution in [3.05, 3.63) is 0 Å². The van der Waals surface area contributed by atoms with E-state index in [0.717, 1.165) is 0 Å². The van der Waals surface area contributed by atoms with Gasteiger partial charge in [-0.05, 0) is 12.8 Å². The van der Waals surface area contributed by atoms with Gasteiger partial charge in [0.2, 0.25) is 10.0 Å². The van der Waals surface area contributed by atoms with Crippen LogP contribution < -0.4 is 0 Å². The standard InChI is InChI=1S/C8H15NO5S2/c10-7-1-3-9(5-7)16(13,14)8-2-4-15(11,12)6-8/h7-8,10H,1-6H2. The van der Waals surface area contributed by atoms with Crippen molar-refractivity contribution in [1.82, 2.24) is 4.31 Å². The number of nitrogens with zero attached hydrogens (tertiary/aromatic N) is 1. The van der Waals surface area contributed by atoms with Crippen LogP contribution in [-0.4, -0.2) is 62.2 Å². The van der Waals surface area contributed by atoms with Crippen molar-refractivity contribution in [3.63, 3.8) is 0 Å². The van der Waals surface area contributed by atoms with Crippen LogP contribution in [0.1, 0.15) is 12.8 Å². The lowest BCUT2D eigenvalue weighted by Gasteiger charge is -2.19. The summed E-state index contributed by atoms with van der Waals surface area (Å²) >= 11 is 0. The van der Waals surface area contributed by atoms with Crippen molar-refractivity contribution in [2.75, 3.05) is 24.6 Å². The molecule has 2 aliphatic rings. The minimum absolute atomic E-state index is 0.0483. The monoisotopic (exact) mass is 269 g/mol. The van der Waals surface area contributed by atoms with Gasteiger partial charge in [-0.3, -0.25) is 0 Å². The van der Waals surface area contributed by atoms with E-state index in [1.165, 1.54) is 4.31 Å². The molecule has 2 unspecified atom stereocenters. The van der Waals surface area contributed by atoms with Crippen LogP contribution in [0.4, 0.5) is 0 Å². The third-order valence-corrected chi connectivity index (χ3v) is 7.37. The van der Waals surface area contributed by atoms with E-state index in [4.69, 9.17) is 0 Å². The number of sulfone groups is 1. The van der Waals surface area contributed by atoms with E-state index in [-0.39, 0.29) is 24.5 Å². The summed E-state index contributed by atoms with van der Waals surface area (Å²) in [5.74, 6) is -0.324. The van der Waals surface area contributed by atoms with Crippen molar-refractivity contribution >= 4 is 19.9 Å². The molecule has 0 aliphatic carbocycles. The second-order valence-electron chi connectivity index (χ2n) is 4.37. The number of rotatable bonds is 2. The van der Waals surface area contributed by atoms with Crippen molar-refractivity contribution in [1.29, 1.82) is 0 Å². The molecule has 94 valence electrons. The highest BCUT2D eigenvalue weighted by Crippen LogP contribution is 2.24. The van der Waals surface area contributed by atoms with Crippen molar-refractivity contribution in [2.45, 2.75) is 24.2 Å². The predicted octanol–water partition coefficient (Wildman–Crippen LogP) is -1.43. The predicted molar refractivity (Wildman–Crippen MR) is 58.2 cm³/mol. The van der Waals surface area contributed by atoms with Crippen LogP contribution in [0.2, 0.25) is 0 Å². The van der Waals surface area contributed by atoms with E-state index in [1.54, 1.807) is 0 Å². The van der Waals surface area contributed by atoms with Gasteiger partial charge in [0.1, 0.15) is 0 Å². The molecule has 2 aliphatic heterocycles. The lowest BCUT2D eigenvalue weighted by atomic mass is 10.3. The summed E-state index contributed by atoms with van der Waals surface area (Å²) in [4.78, 5) is 0. The molecule has 2 rings (SSSR count). The molecule has 1 N–H and O–H groups in total. The summed E-state index contributed by atoms with van der Waals surface area (Å²) in [6, 6.07) is 0. The van der Waals surface area contributed by atoms with E-state index in [1.807, 2.05) is 0 Å². The number of aliphatic hydroxyl groups excluding tert-OH is 1. The molecule has 0 aromatic heterocycles. The number of aliphatic hydroxyl groups is 1. The fraction of sp³-hybridized carbons (Fsp3) is 1.00. The van der Waals surface area contributed by atoms with Gasteiger partial charge < -0.3 is 5.11 Å². The van der Waals surface area contributed by atoms with Gasteiger partial charge in [0.15, 0.2) is 9.84 Å². The largest absolute Gasteiger partial charge is 0.392 e. The zero-order valence-electron chi connectivity index (χ0n) is 8.74. The van der Waals surface area contributed by atoms with Crippen LogP contribution in [0.25, 0.3) is 0 Å². The molecule has 2 saturated heterocycles. The average molecular weight is 269 g/mol. The number of hydrogen-bond acceptors (Lipinski definition) is 5. The highest BCUT2D eigenvalue weighted by atomic mass is 32.2. The smallest absolute Gasteiger partial charge is 0.218 e. The van der Waals surface area contributed by atoms with Crippen LogP contribution in [0.15, 0.2) is 0 Å². The maximum atomic E-state index is 12.0. The van der Waals surface area contributed by atoms with E-state index in [0.29, 0.717) is 13.0 Å². The quantitative estimate of drug-likeness (QED) is 0.663. The number of β-amino-alcohol motifs (C(OH)–C–C–N with tert-alkyl or cyclic N) is 1. The Morgan fingerprint density at radius 2 is 1.94 bits per heavy atom. The third-order valence-electron chi connectivity index (χ3n) is 3.10. The second kappa shape index (κ2) is 3.94. The Morgan fingerprint density at radius 3 is 2.38 bits per heavy atom. The Labute approximate surface area is 95.2 Å². The van der Waals surface area contributed by atoms with Crippen molar-refractivity contribution in [2.24, 2.45) is 0 Å². The van der Waals surface area contributed by atoms with Gasteiger partial charge in [-0.1, -0.05) is 0 Å². The lowest BCUT2D eigenvalue weighted by molar-refractivity contribution is 0.189. The maximum Gasteiger partial charge on any atom is 0.218 e. The Bertz CT molecular complexity index is 469. The molecule has 2 fully saturated rings.